The summed E-state index contributed by atoms with van der Waals surface area (Å²) in [6.45, 7) is 3.14. The number of hydrogen-bond donors (Lipinski definition) is 1. The molecule has 0 unspecified atom stereocenters. The maximum absolute atomic E-state index is 12.1. The van der Waals surface area contributed by atoms with Gasteiger partial charge in [-0.3, -0.25) is 4.79 Å². The van der Waals surface area contributed by atoms with E-state index in [4.69, 9.17) is 4.74 Å². The highest BCUT2D eigenvalue weighted by Gasteiger charge is 2.14. The van der Waals surface area contributed by atoms with Crippen LogP contribution >= 0.6 is 15.9 Å². The van der Waals surface area contributed by atoms with Crippen molar-refractivity contribution in [3.8, 4) is 0 Å². The summed E-state index contributed by atoms with van der Waals surface area (Å²) >= 11 is 3.46. The van der Waals surface area contributed by atoms with Gasteiger partial charge in [0.15, 0.2) is 0 Å². The fraction of sp³-hybridized carbons (Fsp3) is 0.562. The summed E-state index contributed by atoms with van der Waals surface area (Å²) < 4.78 is 6.66. The molecule has 0 spiro atoms. The Morgan fingerprint density at radius 3 is 2.85 bits per heavy atom. The largest absolute Gasteiger partial charge is 0.376 e. The number of aryl methyl sites for hydroxylation is 1. The molecule has 0 heterocycles. The third-order valence-electron chi connectivity index (χ3n) is 3.73. The summed E-state index contributed by atoms with van der Waals surface area (Å²) in [6, 6.07) is 5.70. The highest BCUT2D eigenvalue weighted by molar-refractivity contribution is 9.10. The van der Waals surface area contributed by atoms with Crippen LogP contribution < -0.4 is 5.32 Å². The lowest BCUT2D eigenvalue weighted by atomic mass is 9.98. The van der Waals surface area contributed by atoms with Crippen molar-refractivity contribution >= 4 is 21.8 Å². The van der Waals surface area contributed by atoms with E-state index in [9.17, 15) is 4.79 Å². The molecule has 0 bridgehead atoms. The Kier molecular flexibility index (Phi) is 6.05. The summed E-state index contributed by atoms with van der Waals surface area (Å²) in [5.74, 6) is -0.0483. The zero-order chi connectivity index (χ0) is 14.4. The zero-order valence-electron chi connectivity index (χ0n) is 12.0. The van der Waals surface area contributed by atoms with Gasteiger partial charge in [0, 0.05) is 11.0 Å². The Hall–Kier alpha value is -0.870. The van der Waals surface area contributed by atoms with E-state index in [2.05, 4.69) is 21.2 Å². The lowest BCUT2D eigenvalue weighted by Gasteiger charge is -2.22. The van der Waals surface area contributed by atoms with Crippen LogP contribution in [0.2, 0.25) is 0 Å². The van der Waals surface area contributed by atoms with E-state index in [-0.39, 0.29) is 5.91 Å². The van der Waals surface area contributed by atoms with Crippen LogP contribution in [0.5, 0.6) is 0 Å². The smallest absolute Gasteiger partial charge is 0.252 e. The summed E-state index contributed by atoms with van der Waals surface area (Å²) in [4.78, 5) is 12.1. The van der Waals surface area contributed by atoms with Gasteiger partial charge < -0.3 is 10.1 Å². The molecule has 1 aliphatic rings. The molecule has 1 fully saturated rings. The number of nitrogens with one attached hydrogen (secondary N) is 1. The van der Waals surface area contributed by atoms with Gasteiger partial charge in [-0.05, 0) is 47.3 Å². The number of benzene rings is 1. The molecule has 2 rings (SSSR count). The van der Waals surface area contributed by atoms with E-state index >= 15 is 0 Å². The van der Waals surface area contributed by atoms with Gasteiger partial charge in [-0.15, -0.1) is 0 Å². The fourth-order valence-corrected chi connectivity index (χ4v) is 2.98. The van der Waals surface area contributed by atoms with Crippen LogP contribution in [0, 0.1) is 6.92 Å². The molecule has 110 valence electrons. The van der Waals surface area contributed by atoms with Crippen LogP contribution in [0.4, 0.5) is 0 Å². The first kappa shape index (κ1) is 15.5. The fourth-order valence-electron chi connectivity index (χ4n) is 2.54. The maximum Gasteiger partial charge on any atom is 0.252 e. The van der Waals surface area contributed by atoms with Crippen molar-refractivity contribution in [2.75, 3.05) is 13.2 Å². The van der Waals surface area contributed by atoms with Gasteiger partial charge in [0.25, 0.3) is 5.91 Å². The molecule has 1 aromatic rings. The average molecular weight is 340 g/mol. The second-order valence-electron chi connectivity index (χ2n) is 5.32. The van der Waals surface area contributed by atoms with Crippen LogP contribution in [0.15, 0.2) is 22.7 Å². The van der Waals surface area contributed by atoms with Crippen molar-refractivity contribution in [1.82, 2.24) is 5.32 Å². The molecule has 0 atom stereocenters. The minimum atomic E-state index is -0.0483. The van der Waals surface area contributed by atoms with Crippen molar-refractivity contribution in [1.29, 1.82) is 0 Å². The molecule has 4 heteroatoms. The Labute approximate surface area is 129 Å². The predicted molar refractivity (Wildman–Crippen MR) is 84.0 cm³/mol. The molecule has 1 aliphatic carbocycles. The average Bonchev–Trinajstić information content (AvgIpc) is 2.47. The van der Waals surface area contributed by atoms with Gasteiger partial charge in [0.2, 0.25) is 0 Å². The molecule has 3 nitrogen and oxygen atoms in total. The van der Waals surface area contributed by atoms with Crippen molar-refractivity contribution in [2.45, 2.75) is 45.1 Å². The maximum atomic E-state index is 12.1. The Bertz CT molecular complexity index is 456. The van der Waals surface area contributed by atoms with Crippen LogP contribution in [-0.4, -0.2) is 25.2 Å². The van der Waals surface area contributed by atoms with Crippen molar-refractivity contribution < 1.29 is 9.53 Å². The van der Waals surface area contributed by atoms with Crippen LogP contribution in [0.1, 0.15) is 48.0 Å². The number of halogens is 1. The highest BCUT2D eigenvalue weighted by atomic mass is 79.9. The van der Waals surface area contributed by atoms with Crippen LogP contribution in [0.3, 0.4) is 0 Å². The second-order valence-corrected chi connectivity index (χ2v) is 6.12. The zero-order valence-corrected chi connectivity index (χ0v) is 13.5. The van der Waals surface area contributed by atoms with E-state index in [0.29, 0.717) is 24.8 Å². The Balaban J connectivity index is 1.73. The van der Waals surface area contributed by atoms with E-state index in [1.165, 1.54) is 19.3 Å². The van der Waals surface area contributed by atoms with E-state index in [1.54, 1.807) is 0 Å². The predicted octanol–water partition coefficient (Wildman–Crippen LogP) is 3.84. The number of hydrogen-bond acceptors (Lipinski definition) is 2. The van der Waals surface area contributed by atoms with Gasteiger partial charge in [-0.25, -0.2) is 0 Å². The third-order valence-corrected chi connectivity index (χ3v) is 4.78. The lowest BCUT2D eigenvalue weighted by Crippen LogP contribution is -2.29. The normalized spacial score (nSPS) is 16.1. The third kappa shape index (κ3) is 4.32. The number of rotatable bonds is 5. The number of carbonyl (C=O) groups is 1. The second kappa shape index (κ2) is 7.79. The minimum absolute atomic E-state index is 0.0483. The summed E-state index contributed by atoms with van der Waals surface area (Å²) in [5.41, 5.74) is 1.75. The number of ether oxygens (including phenoxy) is 1. The van der Waals surface area contributed by atoms with E-state index in [0.717, 1.165) is 22.9 Å². The first-order chi connectivity index (χ1) is 9.68. The van der Waals surface area contributed by atoms with Crippen LogP contribution in [-0.2, 0) is 4.74 Å². The van der Waals surface area contributed by atoms with Crippen molar-refractivity contribution in [3.63, 3.8) is 0 Å². The number of carbonyl (C=O) groups excluding carboxylic acids is 1. The molecule has 0 radical (unpaired) electrons. The Morgan fingerprint density at radius 1 is 1.35 bits per heavy atom. The van der Waals surface area contributed by atoms with Gasteiger partial charge >= 0.3 is 0 Å². The van der Waals surface area contributed by atoms with Gasteiger partial charge in [0.05, 0.1) is 18.3 Å². The molecule has 1 amide bonds. The molecule has 1 N–H and O–H groups in total. The quantitative estimate of drug-likeness (QED) is 0.827. The molecule has 20 heavy (non-hydrogen) atoms. The van der Waals surface area contributed by atoms with Gasteiger partial charge in [-0.2, -0.15) is 0 Å². The topological polar surface area (TPSA) is 38.3 Å². The summed E-state index contributed by atoms with van der Waals surface area (Å²) in [7, 11) is 0. The highest BCUT2D eigenvalue weighted by Crippen LogP contribution is 2.21. The molecular formula is C16H22BrNO2. The first-order valence-electron chi connectivity index (χ1n) is 7.33. The molecule has 0 aromatic heterocycles. The van der Waals surface area contributed by atoms with Crippen molar-refractivity contribution in [2.24, 2.45) is 0 Å². The van der Waals surface area contributed by atoms with Gasteiger partial charge in [0.1, 0.15) is 0 Å². The molecule has 1 aromatic carbocycles. The Morgan fingerprint density at radius 2 is 2.10 bits per heavy atom. The van der Waals surface area contributed by atoms with E-state index < -0.39 is 0 Å². The summed E-state index contributed by atoms with van der Waals surface area (Å²) in [5, 5.41) is 2.91. The minimum Gasteiger partial charge on any atom is -0.376 e. The standard InChI is InChI=1S/C16H22BrNO2/c1-12-6-5-9-14(15(12)17)16(19)18-10-11-20-13-7-3-2-4-8-13/h5-6,9,13H,2-4,7-8,10-11H2,1H3,(H,18,19). The summed E-state index contributed by atoms with van der Waals surface area (Å²) in [6.07, 6.45) is 6.60. The van der Waals surface area contributed by atoms with E-state index in [1.807, 2.05) is 25.1 Å². The van der Waals surface area contributed by atoms with Crippen molar-refractivity contribution in [3.05, 3.63) is 33.8 Å². The lowest BCUT2D eigenvalue weighted by molar-refractivity contribution is 0.0299. The molecule has 0 saturated heterocycles. The SMILES string of the molecule is Cc1cccc(C(=O)NCCOC2CCCCC2)c1Br. The first-order valence-corrected chi connectivity index (χ1v) is 8.12. The van der Waals surface area contributed by atoms with Crippen LogP contribution in [0.25, 0.3) is 0 Å². The molecule has 0 aliphatic heterocycles. The van der Waals surface area contributed by atoms with Gasteiger partial charge in [-0.1, -0.05) is 31.4 Å². The molecule has 1 saturated carbocycles. The molecular weight excluding hydrogens is 318 g/mol. The number of amides is 1. The monoisotopic (exact) mass is 339 g/mol.